The lowest BCUT2D eigenvalue weighted by Gasteiger charge is -2.27. The molecule has 1 saturated carbocycles. The Kier molecular flexibility index (Phi) is 5.82. The zero-order valence-electron chi connectivity index (χ0n) is 18.5. The van der Waals surface area contributed by atoms with E-state index in [2.05, 4.69) is 17.4 Å². The van der Waals surface area contributed by atoms with E-state index in [1.54, 1.807) is 7.11 Å². The molecule has 3 aliphatic rings. The fourth-order valence-corrected chi connectivity index (χ4v) is 5.70. The van der Waals surface area contributed by atoms with Crippen molar-refractivity contribution in [3.63, 3.8) is 0 Å². The van der Waals surface area contributed by atoms with E-state index in [0.29, 0.717) is 22.6 Å². The Balaban J connectivity index is 1.42. The van der Waals surface area contributed by atoms with Gasteiger partial charge in [0.2, 0.25) is 0 Å². The average molecular weight is 453 g/mol. The maximum atomic E-state index is 13.3. The first kappa shape index (κ1) is 21.3. The molecule has 2 fully saturated rings. The molecule has 0 aromatic heterocycles. The zero-order chi connectivity index (χ0) is 22.2. The van der Waals surface area contributed by atoms with Gasteiger partial charge in [0.05, 0.1) is 23.9 Å². The Hall–Kier alpha value is -2.57. The molecule has 6 nitrogen and oxygen atoms in total. The van der Waals surface area contributed by atoms with Gasteiger partial charge in [0.15, 0.2) is 0 Å². The van der Waals surface area contributed by atoms with Gasteiger partial charge in [-0.25, -0.2) is 5.01 Å². The predicted molar refractivity (Wildman–Crippen MR) is 127 cm³/mol. The van der Waals surface area contributed by atoms with Crippen LogP contribution in [0.25, 0.3) is 0 Å². The van der Waals surface area contributed by atoms with Gasteiger partial charge in [-0.1, -0.05) is 49.2 Å². The van der Waals surface area contributed by atoms with E-state index < -0.39 is 0 Å². The molecule has 5 rings (SSSR count). The molecule has 0 bridgehead atoms. The second kappa shape index (κ2) is 8.75. The first-order valence-electron chi connectivity index (χ1n) is 11.4. The fraction of sp³-hybridized carbons (Fsp3) is 0.440. The third-order valence-corrected chi connectivity index (χ3v) is 7.48. The van der Waals surface area contributed by atoms with Gasteiger partial charge in [0.1, 0.15) is 11.5 Å². The normalized spacial score (nSPS) is 27.3. The van der Waals surface area contributed by atoms with Crippen LogP contribution in [0.2, 0.25) is 5.02 Å². The van der Waals surface area contributed by atoms with Gasteiger partial charge in [-0.05, 0) is 54.5 Å². The molecule has 32 heavy (non-hydrogen) atoms. The summed E-state index contributed by atoms with van der Waals surface area (Å²) in [5, 5.41) is 9.40. The number of ether oxygens (including phenoxy) is 1. The lowest BCUT2D eigenvalue weighted by Crippen LogP contribution is -2.45. The summed E-state index contributed by atoms with van der Waals surface area (Å²) in [5.74, 6) is 1.99. The number of hydrazone groups is 1. The Morgan fingerprint density at radius 3 is 2.44 bits per heavy atom. The number of benzene rings is 2. The van der Waals surface area contributed by atoms with Crippen molar-refractivity contribution in [2.45, 2.75) is 32.2 Å². The summed E-state index contributed by atoms with van der Waals surface area (Å²) >= 11 is 6.53. The quantitative estimate of drug-likeness (QED) is 0.716. The van der Waals surface area contributed by atoms with E-state index in [-0.39, 0.29) is 17.9 Å². The number of fused-ring (bicyclic) bond motifs is 1. The summed E-state index contributed by atoms with van der Waals surface area (Å²) in [6.45, 7) is 3.94. The third-order valence-electron chi connectivity index (χ3n) is 7.16. The van der Waals surface area contributed by atoms with E-state index in [9.17, 15) is 4.79 Å². The SMILES string of the molecule is COc1ccc([C@@H]2[C@H](C)C(C(=O)NN3CC4CCCC4C3)=NN2c2ccccc2Cl)cc1. The number of hydrogen-bond donors (Lipinski definition) is 1. The second-order valence-corrected chi connectivity index (χ2v) is 9.49. The number of amides is 1. The minimum absolute atomic E-state index is 0.109. The highest BCUT2D eigenvalue weighted by atomic mass is 35.5. The van der Waals surface area contributed by atoms with Crippen LogP contribution in [0.15, 0.2) is 53.6 Å². The molecule has 0 radical (unpaired) electrons. The molecule has 2 heterocycles. The molecule has 2 aliphatic heterocycles. The van der Waals surface area contributed by atoms with Crippen molar-refractivity contribution in [3.05, 3.63) is 59.1 Å². The predicted octanol–water partition coefficient (Wildman–Crippen LogP) is 4.67. The fourth-order valence-electron chi connectivity index (χ4n) is 5.48. The van der Waals surface area contributed by atoms with Crippen LogP contribution in [0.5, 0.6) is 5.75 Å². The lowest BCUT2D eigenvalue weighted by atomic mass is 9.91. The van der Waals surface area contributed by atoms with Gasteiger partial charge in [-0.2, -0.15) is 5.10 Å². The van der Waals surface area contributed by atoms with Gasteiger partial charge < -0.3 is 4.74 Å². The van der Waals surface area contributed by atoms with E-state index >= 15 is 0 Å². The number of nitrogens with one attached hydrogen (secondary N) is 1. The summed E-state index contributed by atoms with van der Waals surface area (Å²) in [5.41, 5.74) is 5.52. The smallest absolute Gasteiger partial charge is 0.282 e. The first-order chi connectivity index (χ1) is 15.5. The van der Waals surface area contributed by atoms with Crippen molar-refractivity contribution in [3.8, 4) is 5.75 Å². The van der Waals surface area contributed by atoms with Crippen LogP contribution in [0.3, 0.4) is 0 Å². The summed E-state index contributed by atoms with van der Waals surface area (Å²) in [7, 11) is 1.65. The number of halogens is 1. The van der Waals surface area contributed by atoms with Gasteiger partial charge in [-0.3, -0.25) is 15.2 Å². The van der Waals surface area contributed by atoms with Gasteiger partial charge in [-0.15, -0.1) is 0 Å². The molecule has 2 unspecified atom stereocenters. The molecule has 1 saturated heterocycles. The second-order valence-electron chi connectivity index (χ2n) is 9.08. The van der Waals surface area contributed by atoms with E-state index in [4.69, 9.17) is 21.4 Å². The highest BCUT2D eigenvalue weighted by Crippen LogP contribution is 2.42. The molecular weight excluding hydrogens is 424 g/mol. The summed E-state index contributed by atoms with van der Waals surface area (Å²) < 4.78 is 5.32. The molecule has 0 spiro atoms. The lowest BCUT2D eigenvalue weighted by molar-refractivity contribution is -0.119. The number of hydrazine groups is 1. The molecule has 2 aromatic carbocycles. The Labute approximate surface area is 194 Å². The number of anilines is 1. The molecule has 2 aromatic rings. The Morgan fingerprint density at radius 1 is 1.09 bits per heavy atom. The summed E-state index contributed by atoms with van der Waals surface area (Å²) in [4.78, 5) is 13.3. The van der Waals surface area contributed by atoms with Gasteiger partial charge in [0.25, 0.3) is 5.91 Å². The minimum atomic E-state index is -0.139. The highest BCUT2D eigenvalue weighted by molar-refractivity contribution is 6.40. The van der Waals surface area contributed by atoms with Gasteiger partial charge in [0, 0.05) is 19.0 Å². The van der Waals surface area contributed by atoms with Crippen molar-refractivity contribution in [1.82, 2.24) is 10.4 Å². The number of methoxy groups -OCH3 is 1. The minimum Gasteiger partial charge on any atom is -0.497 e. The van der Waals surface area contributed by atoms with Crippen LogP contribution >= 0.6 is 11.6 Å². The van der Waals surface area contributed by atoms with Crippen LogP contribution in [0.1, 0.15) is 37.8 Å². The topological polar surface area (TPSA) is 57.2 Å². The first-order valence-corrected chi connectivity index (χ1v) is 11.7. The highest BCUT2D eigenvalue weighted by Gasteiger charge is 2.42. The van der Waals surface area contributed by atoms with Crippen molar-refractivity contribution >= 4 is 28.9 Å². The maximum Gasteiger partial charge on any atom is 0.282 e. The summed E-state index contributed by atoms with van der Waals surface area (Å²) in [6, 6.07) is 15.4. The number of para-hydroxylation sites is 1. The molecule has 1 amide bonds. The Morgan fingerprint density at radius 2 is 1.78 bits per heavy atom. The summed E-state index contributed by atoms with van der Waals surface area (Å²) in [6.07, 6.45) is 3.86. The van der Waals surface area contributed by atoms with E-state index in [1.807, 2.05) is 53.5 Å². The van der Waals surface area contributed by atoms with E-state index in [0.717, 1.165) is 30.1 Å². The van der Waals surface area contributed by atoms with E-state index in [1.165, 1.54) is 19.3 Å². The molecule has 1 N–H and O–H groups in total. The van der Waals surface area contributed by atoms with Crippen molar-refractivity contribution in [1.29, 1.82) is 0 Å². The molecule has 168 valence electrons. The molecule has 4 atom stereocenters. The van der Waals surface area contributed by atoms with Crippen LogP contribution in [0.4, 0.5) is 5.69 Å². The Bertz CT molecular complexity index is 1010. The molecule has 7 heteroatoms. The molecular formula is C25H29ClN4O2. The van der Waals surface area contributed by atoms with Crippen LogP contribution in [-0.2, 0) is 4.79 Å². The van der Waals surface area contributed by atoms with Crippen LogP contribution < -0.4 is 15.2 Å². The van der Waals surface area contributed by atoms with Crippen molar-refractivity contribution < 1.29 is 9.53 Å². The number of hydrogen-bond acceptors (Lipinski definition) is 5. The monoisotopic (exact) mass is 452 g/mol. The average Bonchev–Trinajstić information content (AvgIpc) is 3.48. The number of carbonyl (C=O) groups is 1. The van der Waals surface area contributed by atoms with Crippen LogP contribution in [-0.4, -0.2) is 36.8 Å². The largest absolute Gasteiger partial charge is 0.497 e. The maximum absolute atomic E-state index is 13.3. The van der Waals surface area contributed by atoms with Crippen molar-refractivity contribution in [2.75, 3.05) is 25.2 Å². The van der Waals surface area contributed by atoms with Crippen LogP contribution in [0, 0.1) is 17.8 Å². The third kappa shape index (κ3) is 3.86. The standard InChI is InChI=1S/C25H29ClN4O2/c1-16-23(25(31)28-29-14-18-6-5-7-19(18)15-29)27-30(22-9-4-3-8-21(22)26)24(16)17-10-12-20(32-2)13-11-17/h3-4,8-13,16,18-19,24H,5-7,14-15H2,1-2H3,(H,28,31)/t16-,18?,19?,24+/m1/s1. The zero-order valence-corrected chi connectivity index (χ0v) is 19.3. The van der Waals surface area contributed by atoms with Crippen molar-refractivity contribution in [2.24, 2.45) is 22.9 Å². The molecule has 1 aliphatic carbocycles. The number of nitrogens with zero attached hydrogens (tertiary/aromatic N) is 3. The van der Waals surface area contributed by atoms with Gasteiger partial charge >= 0.3 is 0 Å². The number of carbonyl (C=O) groups excluding carboxylic acids is 1. The number of rotatable bonds is 5.